The SMILES string of the molecule is CC(=O)NCC(F)C(C)(C)OCCOCCOCCOCCN. The fraction of sp³-hybridized carbons (Fsp3) is 0.933. The van der Waals surface area contributed by atoms with E-state index < -0.39 is 11.8 Å². The molecule has 0 radical (unpaired) electrons. The quantitative estimate of drug-likeness (QED) is 0.416. The molecule has 0 aliphatic rings. The summed E-state index contributed by atoms with van der Waals surface area (Å²) in [6.07, 6.45) is -1.29. The topological polar surface area (TPSA) is 92.0 Å². The van der Waals surface area contributed by atoms with Gasteiger partial charge in [-0.1, -0.05) is 0 Å². The minimum Gasteiger partial charge on any atom is -0.378 e. The summed E-state index contributed by atoms with van der Waals surface area (Å²) >= 11 is 0. The zero-order valence-corrected chi connectivity index (χ0v) is 14.4. The molecule has 0 aromatic rings. The largest absolute Gasteiger partial charge is 0.378 e. The Labute approximate surface area is 138 Å². The van der Waals surface area contributed by atoms with Crippen molar-refractivity contribution in [2.75, 3.05) is 59.3 Å². The lowest BCUT2D eigenvalue weighted by Gasteiger charge is -2.29. The Kier molecular flexibility index (Phi) is 13.1. The van der Waals surface area contributed by atoms with Gasteiger partial charge in [-0.05, 0) is 13.8 Å². The molecule has 3 N–H and O–H groups in total. The molecule has 8 heteroatoms. The van der Waals surface area contributed by atoms with Gasteiger partial charge in [-0.2, -0.15) is 0 Å². The molecular formula is C15H31FN2O5. The Morgan fingerprint density at radius 2 is 1.52 bits per heavy atom. The molecule has 0 aliphatic carbocycles. The average Bonchev–Trinajstić information content (AvgIpc) is 2.50. The minimum atomic E-state index is -1.29. The van der Waals surface area contributed by atoms with E-state index in [1.54, 1.807) is 13.8 Å². The second kappa shape index (κ2) is 13.6. The van der Waals surface area contributed by atoms with E-state index in [-0.39, 0.29) is 19.1 Å². The highest BCUT2D eigenvalue weighted by Gasteiger charge is 2.30. The highest BCUT2D eigenvalue weighted by atomic mass is 19.1. The van der Waals surface area contributed by atoms with E-state index >= 15 is 0 Å². The molecule has 0 fully saturated rings. The van der Waals surface area contributed by atoms with Crippen LogP contribution in [-0.4, -0.2) is 77.0 Å². The molecule has 0 saturated carbocycles. The molecule has 1 amide bonds. The van der Waals surface area contributed by atoms with Crippen LogP contribution in [0.1, 0.15) is 20.8 Å². The Balaban J connectivity index is 3.50. The number of nitrogens with two attached hydrogens (primary N) is 1. The van der Waals surface area contributed by atoms with E-state index in [1.807, 2.05) is 0 Å². The average molecular weight is 338 g/mol. The summed E-state index contributed by atoms with van der Waals surface area (Å²) < 4.78 is 35.2. The highest BCUT2D eigenvalue weighted by molar-refractivity contribution is 5.72. The van der Waals surface area contributed by atoms with Crippen LogP contribution in [0.4, 0.5) is 4.39 Å². The maximum Gasteiger partial charge on any atom is 0.216 e. The summed E-state index contributed by atoms with van der Waals surface area (Å²) in [4.78, 5) is 10.8. The Morgan fingerprint density at radius 1 is 1.04 bits per heavy atom. The minimum absolute atomic E-state index is 0.0662. The van der Waals surface area contributed by atoms with Crippen LogP contribution >= 0.6 is 0 Å². The Morgan fingerprint density at radius 3 is 2.00 bits per heavy atom. The molecule has 7 nitrogen and oxygen atoms in total. The van der Waals surface area contributed by atoms with Gasteiger partial charge in [0.1, 0.15) is 6.17 Å². The summed E-state index contributed by atoms with van der Waals surface area (Å²) in [6.45, 7) is 8.14. The molecule has 0 aromatic heterocycles. The van der Waals surface area contributed by atoms with Crippen molar-refractivity contribution >= 4 is 5.91 Å². The van der Waals surface area contributed by atoms with Crippen LogP contribution in [0.2, 0.25) is 0 Å². The summed E-state index contributed by atoms with van der Waals surface area (Å²) in [5.74, 6) is -0.264. The number of nitrogens with one attached hydrogen (secondary N) is 1. The van der Waals surface area contributed by atoms with Crippen molar-refractivity contribution in [3.8, 4) is 0 Å². The van der Waals surface area contributed by atoms with Gasteiger partial charge in [0.15, 0.2) is 0 Å². The first-order valence-corrected chi connectivity index (χ1v) is 7.86. The van der Waals surface area contributed by atoms with E-state index in [9.17, 15) is 9.18 Å². The summed E-state index contributed by atoms with van der Waals surface area (Å²) in [5.41, 5.74) is 4.29. The van der Waals surface area contributed by atoms with Crippen molar-refractivity contribution in [2.24, 2.45) is 5.73 Å². The maximum atomic E-state index is 13.9. The Bertz CT molecular complexity index is 306. The van der Waals surface area contributed by atoms with Crippen LogP contribution in [0.3, 0.4) is 0 Å². The van der Waals surface area contributed by atoms with E-state index in [0.717, 1.165) is 0 Å². The van der Waals surface area contributed by atoms with Crippen LogP contribution in [-0.2, 0) is 23.7 Å². The number of hydrogen-bond acceptors (Lipinski definition) is 6. The third-order valence-electron chi connectivity index (χ3n) is 2.99. The van der Waals surface area contributed by atoms with Crippen LogP contribution < -0.4 is 11.1 Å². The molecule has 0 saturated heterocycles. The first-order chi connectivity index (χ1) is 10.9. The van der Waals surface area contributed by atoms with Gasteiger partial charge in [-0.15, -0.1) is 0 Å². The fourth-order valence-electron chi connectivity index (χ4n) is 1.56. The summed E-state index contributed by atoms with van der Waals surface area (Å²) in [5, 5.41) is 2.44. The van der Waals surface area contributed by atoms with Gasteiger partial charge in [-0.25, -0.2) is 4.39 Å². The van der Waals surface area contributed by atoms with Crippen molar-refractivity contribution < 1.29 is 28.1 Å². The van der Waals surface area contributed by atoms with Gasteiger partial charge in [0.05, 0.1) is 58.4 Å². The predicted molar refractivity (Wildman–Crippen MR) is 85.1 cm³/mol. The molecule has 0 heterocycles. The molecular weight excluding hydrogens is 307 g/mol. The smallest absolute Gasteiger partial charge is 0.216 e. The van der Waals surface area contributed by atoms with Crippen molar-refractivity contribution in [1.82, 2.24) is 5.32 Å². The van der Waals surface area contributed by atoms with Crippen LogP contribution in [0.15, 0.2) is 0 Å². The van der Waals surface area contributed by atoms with Crippen molar-refractivity contribution in [1.29, 1.82) is 0 Å². The number of carbonyl (C=O) groups is 1. The summed E-state index contributed by atoms with van der Waals surface area (Å²) in [6, 6.07) is 0. The molecule has 0 aliphatic heterocycles. The van der Waals surface area contributed by atoms with Gasteiger partial charge in [0.2, 0.25) is 5.91 Å². The van der Waals surface area contributed by atoms with E-state index in [2.05, 4.69) is 5.32 Å². The second-order valence-corrected chi connectivity index (χ2v) is 5.48. The molecule has 138 valence electrons. The van der Waals surface area contributed by atoms with E-state index in [0.29, 0.717) is 46.2 Å². The number of halogens is 1. The first kappa shape index (κ1) is 22.2. The van der Waals surface area contributed by atoms with Crippen molar-refractivity contribution in [3.05, 3.63) is 0 Å². The maximum absolute atomic E-state index is 13.9. The lowest BCUT2D eigenvalue weighted by Crippen LogP contribution is -2.44. The number of alkyl halides is 1. The zero-order chi connectivity index (χ0) is 17.6. The monoisotopic (exact) mass is 338 g/mol. The van der Waals surface area contributed by atoms with Gasteiger partial charge < -0.3 is 30.0 Å². The van der Waals surface area contributed by atoms with Crippen LogP contribution in [0.25, 0.3) is 0 Å². The second-order valence-electron chi connectivity index (χ2n) is 5.48. The van der Waals surface area contributed by atoms with Gasteiger partial charge in [0, 0.05) is 13.5 Å². The number of amides is 1. The third kappa shape index (κ3) is 13.3. The molecule has 1 atom stereocenters. The first-order valence-electron chi connectivity index (χ1n) is 7.86. The standard InChI is InChI=1S/C15H31FN2O5/c1-13(19)18-12-14(16)15(2,3)23-11-10-22-9-8-21-7-6-20-5-4-17/h14H,4-12,17H2,1-3H3,(H,18,19). The molecule has 0 aromatic carbocycles. The molecule has 0 spiro atoms. The van der Waals surface area contributed by atoms with Gasteiger partial charge in [-0.3, -0.25) is 4.79 Å². The molecule has 23 heavy (non-hydrogen) atoms. The fourth-order valence-corrected chi connectivity index (χ4v) is 1.56. The number of rotatable bonds is 15. The molecule has 0 rings (SSSR count). The van der Waals surface area contributed by atoms with Crippen molar-refractivity contribution in [2.45, 2.75) is 32.5 Å². The van der Waals surface area contributed by atoms with Gasteiger partial charge >= 0.3 is 0 Å². The Hall–Kier alpha value is -0.800. The lowest BCUT2D eigenvalue weighted by molar-refractivity contribution is -0.120. The van der Waals surface area contributed by atoms with Crippen LogP contribution in [0.5, 0.6) is 0 Å². The zero-order valence-electron chi connectivity index (χ0n) is 14.4. The van der Waals surface area contributed by atoms with E-state index in [1.165, 1.54) is 6.92 Å². The normalized spacial score (nSPS) is 13.1. The highest BCUT2D eigenvalue weighted by Crippen LogP contribution is 2.17. The number of ether oxygens (including phenoxy) is 4. The van der Waals surface area contributed by atoms with Crippen LogP contribution in [0, 0.1) is 0 Å². The molecule has 1 unspecified atom stereocenters. The summed E-state index contributed by atoms with van der Waals surface area (Å²) in [7, 11) is 0. The third-order valence-corrected chi connectivity index (χ3v) is 2.99. The lowest BCUT2D eigenvalue weighted by atomic mass is 10.0. The predicted octanol–water partition coefficient (Wildman–Crippen LogP) is 0.264. The van der Waals surface area contributed by atoms with Crippen molar-refractivity contribution in [3.63, 3.8) is 0 Å². The number of carbonyl (C=O) groups excluding carboxylic acids is 1. The molecule has 0 bridgehead atoms. The number of hydrogen-bond donors (Lipinski definition) is 2. The van der Waals surface area contributed by atoms with E-state index in [4.69, 9.17) is 24.7 Å². The van der Waals surface area contributed by atoms with Gasteiger partial charge in [0.25, 0.3) is 0 Å².